The number of methoxy groups -OCH3 is 2. The van der Waals surface area contributed by atoms with E-state index < -0.39 is 9.84 Å². The van der Waals surface area contributed by atoms with Crippen molar-refractivity contribution in [2.24, 2.45) is 11.8 Å². The van der Waals surface area contributed by atoms with Crippen LogP contribution in [0.15, 0.2) is 35.2 Å². The van der Waals surface area contributed by atoms with Gasteiger partial charge in [0.25, 0.3) is 0 Å². The van der Waals surface area contributed by atoms with Crippen LogP contribution in [0.2, 0.25) is 0 Å². The fourth-order valence-corrected chi connectivity index (χ4v) is 6.70. The first-order valence-electron chi connectivity index (χ1n) is 10.1. The van der Waals surface area contributed by atoms with Gasteiger partial charge in [-0.15, -0.1) is 0 Å². The highest BCUT2D eigenvalue weighted by Gasteiger charge is 2.49. The van der Waals surface area contributed by atoms with E-state index in [0.29, 0.717) is 11.3 Å². The Morgan fingerprint density at radius 3 is 2.55 bits per heavy atom. The van der Waals surface area contributed by atoms with Crippen LogP contribution in [-0.2, 0) is 24.0 Å². The normalized spacial score (nSPS) is 29.9. The fraction of sp³-hybridized carbons (Fsp3) is 0.667. The summed E-state index contributed by atoms with van der Waals surface area (Å²) in [5.74, 6) is 0.0881. The highest BCUT2D eigenvalue weighted by atomic mass is 32.2. The van der Waals surface area contributed by atoms with Crippen LogP contribution in [0.4, 0.5) is 4.79 Å². The number of hydrogen-bond donors (Lipinski definition) is 0. The van der Waals surface area contributed by atoms with Crippen LogP contribution in [0.1, 0.15) is 32.6 Å². The van der Waals surface area contributed by atoms with Crippen molar-refractivity contribution in [2.45, 2.75) is 55.7 Å². The predicted octanol–water partition coefficient (Wildman–Crippen LogP) is 3.09. The molecule has 5 atom stereocenters. The minimum absolute atomic E-state index is 0.0349. The van der Waals surface area contributed by atoms with Crippen molar-refractivity contribution in [3.8, 4) is 0 Å². The molecule has 1 aliphatic carbocycles. The average molecular weight is 426 g/mol. The van der Waals surface area contributed by atoms with E-state index in [1.54, 1.807) is 36.3 Å². The van der Waals surface area contributed by atoms with Crippen molar-refractivity contribution in [3.63, 3.8) is 0 Å². The summed E-state index contributed by atoms with van der Waals surface area (Å²) in [6, 6.07) is 8.38. The van der Waals surface area contributed by atoms with Crippen LogP contribution < -0.4 is 0 Å². The number of fused-ring (bicyclic) bond motifs is 1. The average Bonchev–Trinajstić information content (AvgIpc) is 2.72. The lowest BCUT2D eigenvalue weighted by atomic mass is 9.70. The molecule has 7 nitrogen and oxygen atoms in total. The number of ether oxygens (including phenoxy) is 3. The minimum atomic E-state index is -3.40. The van der Waals surface area contributed by atoms with Crippen LogP contribution in [0, 0.1) is 11.8 Å². The van der Waals surface area contributed by atoms with Gasteiger partial charge in [0.05, 0.1) is 29.9 Å². The molecule has 1 saturated carbocycles. The van der Waals surface area contributed by atoms with E-state index in [9.17, 15) is 13.2 Å². The van der Waals surface area contributed by atoms with Crippen molar-refractivity contribution >= 4 is 15.9 Å². The molecule has 1 aromatic carbocycles. The molecule has 2 fully saturated rings. The Morgan fingerprint density at radius 1 is 1.17 bits per heavy atom. The zero-order chi connectivity index (χ0) is 21.0. The summed E-state index contributed by atoms with van der Waals surface area (Å²) in [4.78, 5) is 14.7. The summed E-state index contributed by atoms with van der Waals surface area (Å²) < 4.78 is 42.0. The second-order valence-electron chi connectivity index (χ2n) is 7.98. The van der Waals surface area contributed by atoms with E-state index in [4.69, 9.17) is 14.2 Å². The third-order valence-electron chi connectivity index (χ3n) is 6.33. The van der Waals surface area contributed by atoms with Gasteiger partial charge in [-0.2, -0.15) is 0 Å². The molecule has 2 aliphatic rings. The number of piperidine rings is 1. The summed E-state index contributed by atoms with van der Waals surface area (Å²) in [5.41, 5.74) is 0. The lowest BCUT2D eigenvalue weighted by molar-refractivity contribution is -0.137. The quantitative estimate of drug-likeness (QED) is 0.652. The molecule has 1 aliphatic heterocycles. The van der Waals surface area contributed by atoms with Gasteiger partial charge >= 0.3 is 6.09 Å². The molecule has 162 valence electrons. The molecule has 3 rings (SSSR count). The molecular weight excluding hydrogens is 394 g/mol. The SMILES string of the molecule is COCO[C@H]1C[C@H]2[C@H](CS(=O)(=O)c3ccccc3)CCC[C@H]2N(C(=O)OC)[C@H]1C. The molecule has 29 heavy (non-hydrogen) atoms. The van der Waals surface area contributed by atoms with Gasteiger partial charge < -0.3 is 14.2 Å². The number of carbonyl (C=O) groups is 1. The lowest BCUT2D eigenvalue weighted by Gasteiger charge is -2.52. The molecule has 0 aromatic heterocycles. The zero-order valence-electron chi connectivity index (χ0n) is 17.3. The Kier molecular flexibility index (Phi) is 7.19. The van der Waals surface area contributed by atoms with E-state index >= 15 is 0 Å². The van der Waals surface area contributed by atoms with E-state index in [1.807, 2.05) is 13.0 Å². The van der Waals surface area contributed by atoms with Crippen LogP contribution in [0.25, 0.3) is 0 Å². The van der Waals surface area contributed by atoms with Crippen molar-refractivity contribution in [1.82, 2.24) is 4.90 Å². The van der Waals surface area contributed by atoms with Gasteiger partial charge in [0.2, 0.25) is 0 Å². The number of sulfone groups is 1. The van der Waals surface area contributed by atoms with Gasteiger partial charge in [-0.3, -0.25) is 4.90 Å². The maximum Gasteiger partial charge on any atom is 0.410 e. The Balaban J connectivity index is 1.86. The van der Waals surface area contributed by atoms with Crippen LogP contribution in [-0.4, -0.2) is 64.4 Å². The second kappa shape index (κ2) is 9.45. The minimum Gasteiger partial charge on any atom is -0.453 e. The van der Waals surface area contributed by atoms with Crippen molar-refractivity contribution in [3.05, 3.63) is 30.3 Å². The molecule has 1 saturated heterocycles. The Labute approximate surface area is 173 Å². The van der Waals surface area contributed by atoms with Gasteiger partial charge in [0.15, 0.2) is 9.84 Å². The molecule has 8 heteroatoms. The van der Waals surface area contributed by atoms with Crippen LogP contribution >= 0.6 is 0 Å². The first-order valence-corrected chi connectivity index (χ1v) is 11.8. The number of carbonyl (C=O) groups excluding carboxylic acids is 1. The van der Waals surface area contributed by atoms with Crippen LogP contribution in [0.5, 0.6) is 0 Å². The van der Waals surface area contributed by atoms with Gasteiger partial charge in [0.1, 0.15) is 6.79 Å². The maximum absolute atomic E-state index is 13.0. The first kappa shape index (κ1) is 22.1. The van der Waals surface area contributed by atoms with Gasteiger partial charge in [-0.25, -0.2) is 13.2 Å². The first-order chi connectivity index (χ1) is 13.9. The smallest absolute Gasteiger partial charge is 0.410 e. The number of benzene rings is 1. The molecule has 0 bridgehead atoms. The van der Waals surface area contributed by atoms with Crippen molar-refractivity contribution in [2.75, 3.05) is 26.8 Å². The Morgan fingerprint density at radius 2 is 1.90 bits per heavy atom. The monoisotopic (exact) mass is 425 g/mol. The van der Waals surface area contributed by atoms with Crippen molar-refractivity contribution < 1.29 is 27.4 Å². The molecule has 0 unspecified atom stereocenters. The maximum atomic E-state index is 13.0. The molecule has 0 N–H and O–H groups in total. The third kappa shape index (κ3) is 4.75. The largest absolute Gasteiger partial charge is 0.453 e. The van der Waals surface area contributed by atoms with E-state index in [0.717, 1.165) is 19.3 Å². The second-order valence-corrected chi connectivity index (χ2v) is 10.0. The van der Waals surface area contributed by atoms with Gasteiger partial charge in [-0.05, 0) is 50.2 Å². The van der Waals surface area contributed by atoms with E-state index in [1.165, 1.54) is 7.11 Å². The van der Waals surface area contributed by atoms with Gasteiger partial charge in [-0.1, -0.05) is 24.6 Å². The van der Waals surface area contributed by atoms with E-state index in [2.05, 4.69) is 0 Å². The Bertz CT molecular complexity index is 784. The summed E-state index contributed by atoms with van der Waals surface area (Å²) in [5, 5.41) is 0. The molecule has 1 amide bonds. The Hall–Kier alpha value is -1.64. The number of amides is 1. The highest BCUT2D eigenvalue weighted by molar-refractivity contribution is 7.91. The topological polar surface area (TPSA) is 82.1 Å². The summed E-state index contributed by atoms with van der Waals surface area (Å²) in [6.07, 6.45) is 2.66. The van der Waals surface area contributed by atoms with Gasteiger partial charge in [0, 0.05) is 13.2 Å². The number of rotatable bonds is 6. The third-order valence-corrected chi connectivity index (χ3v) is 8.19. The summed E-state index contributed by atoms with van der Waals surface area (Å²) in [7, 11) is -0.463. The molecule has 0 spiro atoms. The summed E-state index contributed by atoms with van der Waals surface area (Å²) >= 11 is 0. The molecule has 1 heterocycles. The standard InChI is InChI=1S/C21H31NO6S/c1-15-20(28-14-26-2)12-18-16(8-7-11-19(18)22(15)21(23)27-3)13-29(24,25)17-9-5-4-6-10-17/h4-6,9-10,15-16,18-20H,7-8,11-14H2,1-3H3/t15-,16-,18-,19+,20-/m0/s1. The molecular formula is C21H31NO6S. The molecule has 1 aromatic rings. The lowest BCUT2D eigenvalue weighted by Crippen LogP contribution is -2.61. The molecule has 0 radical (unpaired) electrons. The van der Waals surface area contributed by atoms with Crippen LogP contribution in [0.3, 0.4) is 0 Å². The fourth-order valence-electron chi connectivity index (χ4n) is 4.96. The summed E-state index contributed by atoms with van der Waals surface area (Å²) in [6.45, 7) is 2.09. The highest BCUT2D eigenvalue weighted by Crippen LogP contribution is 2.43. The van der Waals surface area contributed by atoms with Crippen molar-refractivity contribution in [1.29, 1.82) is 0 Å². The number of likely N-dealkylation sites (tertiary alicyclic amines) is 1. The number of hydrogen-bond acceptors (Lipinski definition) is 6. The zero-order valence-corrected chi connectivity index (χ0v) is 18.1. The number of nitrogens with zero attached hydrogens (tertiary/aromatic N) is 1. The predicted molar refractivity (Wildman–Crippen MR) is 108 cm³/mol. The van der Waals surface area contributed by atoms with E-state index in [-0.39, 0.29) is 48.7 Å².